The third kappa shape index (κ3) is 3.32. The van der Waals surface area contributed by atoms with Crippen molar-refractivity contribution in [2.24, 2.45) is 5.92 Å². The third-order valence-corrected chi connectivity index (χ3v) is 4.04. The van der Waals surface area contributed by atoms with E-state index in [1.165, 1.54) is 44.1 Å². The second-order valence-electron chi connectivity index (χ2n) is 5.20. The maximum absolute atomic E-state index is 4.37. The highest BCUT2D eigenvalue weighted by atomic mass is 15.3. The van der Waals surface area contributed by atoms with Gasteiger partial charge in [0.25, 0.3) is 0 Å². The molecule has 2 rings (SSSR count). The Bertz CT molecular complexity index is 332. The fourth-order valence-electron chi connectivity index (χ4n) is 3.00. The predicted octanol–water partition coefficient (Wildman–Crippen LogP) is 2.61. The van der Waals surface area contributed by atoms with E-state index in [0.29, 0.717) is 6.04 Å². The Hall–Kier alpha value is -0.830. The van der Waals surface area contributed by atoms with Crippen LogP contribution in [0.4, 0.5) is 0 Å². The van der Waals surface area contributed by atoms with Crippen LogP contribution in [0.15, 0.2) is 12.4 Å². The number of nitrogens with one attached hydrogen (secondary N) is 1. The van der Waals surface area contributed by atoms with Crippen LogP contribution in [0.2, 0.25) is 0 Å². The average Bonchev–Trinajstić information content (AvgIpc) is 2.68. The second-order valence-corrected chi connectivity index (χ2v) is 5.20. The Morgan fingerprint density at radius 2 is 2.18 bits per heavy atom. The first-order valence-corrected chi connectivity index (χ1v) is 7.02. The number of aryl methyl sites for hydroxylation is 1. The lowest BCUT2D eigenvalue weighted by atomic mass is 9.89. The molecule has 3 nitrogen and oxygen atoms in total. The molecule has 0 bridgehead atoms. The van der Waals surface area contributed by atoms with E-state index in [2.05, 4.69) is 30.6 Å². The maximum Gasteiger partial charge on any atom is 0.0521 e. The summed E-state index contributed by atoms with van der Waals surface area (Å²) >= 11 is 0. The van der Waals surface area contributed by atoms with E-state index in [9.17, 15) is 0 Å². The van der Waals surface area contributed by atoms with Gasteiger partial charge in [-0.2, -0.15) is 5.10 Å². The van der Waals surface area contributed by atoms with Gasteiger partial charge in [0, 0.05) is 18.8 Å². The molecule has 0 radical (unpaired) electrons. The molecule has 1 aromatic rings. The number of hydrogen-bond donors (Lipinski definition) is 1. The zero-order valence-corrected chi connectivity index (χ0v) is 11.2. The van der Waals surface area contributed by atoms with Gasteiger partial charge in [0.15, 0.2) is 0 Å². The molecule has 2 atom stereocenters. The molecule has 1 aliphatic carbocycles. The number of aromatic nitrogens is 2. The summed E-state index contributed by atoms with van der Waals surface area (Å²) < 4.78 is 2.03. The minimum Gasteiger partial charge on any atom is -0.317 e. The largest absolute Gasteiger partial charge is 0.317 e. The molecular weight excluding hydrogens is 210 g/mol. The highest BCUT2D eigenvalue weighted by Gasteiger charge is 2.22. The maximum atomic E-state index is 4.37. The lowest BCUT2D eigenvalue weighted by Crippen LogP contribution is -2.33. The van der Waals surface area contributed by atoms with E-state index in [-0.39, 0.29) is 0 Å². The Kier molecular flexibility index (Phi) is 4.60. The molecule has 1 heterocycles. The van der Waals surface area contributed by atoms with Crippen LogP contribution < -0.4 is 5.32 Å². The molecule has 0 aromatic carbocycles. The van der Waals surface area contributed by atoms with Crippen LogP contribution in [0.25, 0.3) is 0 Å². The van der Waals surface area contributed by atoms with Gasteiger partial charge in [0.1, 0.15) is 0 Å². The highest BCUT2D eigenvalue weighted by molar-refractivity contribution is 5.06. The summed E-state index contributed by atoms with van der Waals surface area (Å²) in [7, 11) is 2.11. The van der Waals surface area contributed by atoms with Crippen LogP contribution >= 0.6 is 0 Å². The molecule has 3 heteroatoms. The van der Waals surface area contributed by atoms with Crippen molar-refractivity contribution in [3.05, 3.63) is 18.0 Å². The van der Waals surface area contributed by atoms with Gasteiger partial charge in [0.2, 0.25) is 0 Å². The van der Waals surface area contributed by atoms with Crippen molar-refractivity contribution < 1.29 is 0 Å². The van der Waals surface area contributed by atoms with Crippen LogP contribution in [0.3, 0.4) is 0 Å². The van der Waals surface area contributed by atoms with Crippen molar-refractivity contribution in [3.8, 4) is 0 Å². The Morgan fingerprint density at radius 3 is 2.88 bits per heavy atom. The fourth-order valence-corrected chi connectivity index (χ4v) is 3.00. The first kappa shape index (κ1) is 12.6. The molecule has 1 N–H and O–H groups in total. The average molecular weight is 235 g/mol. The van der Waals surface area contributed by atoms with Crippen LogP contribution in [0.5, 0.6) is 0 Å². The van der Waals surface area contributed by atoms with Crippen molar-refractivity contribution >= 4 is 0 Å². The summed E-state index contributed by atoms with van der Waals surface area (Å²) in [6, 6.07) is 0.697. The minimum absolute atomic E-state index is 0.697. The highest BCUT2D eigenvalue weighted by Crippen LogP contribution is 2.26. The fraction of sp³-hybridized carbons (Fsp3) is 0.786. The van der Waals surface area contributed by atoms with Crippen molar-refractivity contribution in [1.82, 2.24) is 15.1 Å². The SMILES string of the molecule is CCn1cc(CC2CCCCCC2NC)cn1. The van der Waals surface area contributed by atoms with Crippen molar-refractivity contribution in [2.75, 3.05) is 7.05 Å². The Morgan fingerprint density at radius 1 is 1.35 bits per heavy atom. The third-order valence-electron chi connectivity index (χ3n) is 4.04. The Balaban J connectivity index is 1.99. The molecule has 0 saturated heterocycles. The topological polar surface area (TPSA) is 29.9 Å². The monoisotopic (exact) mass is 235 g/mol. The summed E-state index contributed by atoms with van der Waals surface area (Å²) in [5.74, 6) is 0.789. The van der Waals surface area contributed by atoms with E-state index < -0.39 is 0 Å². The van der Waals surface area contributed by atoms with E-state index in [1.54, 1.807) is 0 Å². The van der Waals surface area contributed by atoms with E-state index in [1.807, 2.05) is 10.9 Å². The van der Waals surface area contributed by atoms with Gasteiger partial charge >= 0.3 is 0 Å². The van der Waals surface area contributed by atoms with Crippen LogP contribution in [-0.4, -0.2) is 22.9 Å². The van der Waals surface area contributed by atoms with E-state index >= 15 is 0 Å². The summed E-state index contributed by atoms with van der Waals surface area (Å²) in [5, 5.41) is 7.88. The summed E-state index contributed by atoms with van der Waals surface area (Å²) in [6.45, 7) is 3.11. The van der Waals surface area contributed by atoms with Crippen molar-refractivity contribution in [2.45, 2.75) is 58.0 Å². The molecule has 1 saturated carbocycles. The van der Waals surface area contributed by atoms with Crippen LogP contribution in [0, 0.1) is 5.92 Å². The Labute approximate surface area is 105 Å². The summed E-state index contributed by atoms with van der Waals surface area (Å²) in [5.41, 5.74) is 1.40. The molecule has 1 aliphatic rings. The second kappa shape index (κ2) is 6.20. The quantitative estimate of drug-likeness (QED) is 0.813. The number of rotatable bonds is 4. The first-order valence-electron chi connectivity index (χ1n) is 7.02. The minimum atomic E-state index is 0.697. The molecule has 2 unspecified atom stereocenters. The predicted molar refractivity (Wildman–Crippen MR) is 71.0 cm³/mol. The van der Waals surface area contributed by atoms with Gasteiger partial charge in [-0.3, -0.25) is 4.68 Å². The molecule has 96 valence electrons. The molecule has 1 aromatic heterocycles. The lowest BCUT2D eigenvalue weighted by Gasteiger charge is -2.24. The van der Waals surface area contributed by atoms with Gasteiger partial charge < -0.3 is 5.32 Å². The molecule has 0 aliphatic heterocycles. The smallest absolute Gasteiger partial charge is 0.0521 e. The molecule has 0 amide bonds. The molecule has 0 spiro atoms. The van der Waals surface area contributed by atoms with Gasteiger partial charge in [-0.1, -0.05) is 19.3 Å². The van der Waals surface area contributed by atoms with Crippen LogP contribution in [-0.2, 0) is 13.0 Å². The van der Waals surface area contributed by atoms with Gasteiger partial charge in [-0.05, 0) is 44.7 Å². The molecule has 17 heavy (non-hydrogen) atoms. The van der Waals surface area contributed by atoms with Gasteiger partial charge in [-0.15, -0.1) is 0 Å². The normalized spacial score (nSPS) is 25.8. The standard InChI is InChI=1S/C14H25N3/c1-3-17-11-12(10-16-17)9-13-7-5-4-6-8-14(13)15-2/h10-11,13-15H,3-9H2,1-2H3. The molecule has 1 fully saturated rings. The van der Waals surface area contributed by atoms with Crippen LogP contribution in [0.1, 0.15) is 44.6 Å². The van der Waals surface area contributed by atoms with E-state index in [4.69, 9.17) is 0 Å². The first-order chi connectivity index (χ1) is 8.33. The van der Waals surface area contributed by atoms with Gasteiger partial charge in [-0.25, -0.2) is 0 Å². The van der Waals surface area contributed by atoms with Gasteiger partial charge in [0.05, 0.1) is 6.20 Å². The van der Waals surface area contributed by atoms with Crippen molar-refractivity contribution in [1.29, 1.82) is 0 Å². The zero-order valence-electron chi connectivity index (χ0n) is 11.2. The zero-order chi connectivity index (χ0) is 12.1. The van der Waals surface area contributed by atoms with E-state index in [0.717, 1.165) is 12.5 Å². The number of hydrogen-bond acceptors (Lipinski definition) is 2. The summed E-state index contributed by atoms with van der Waals surface area (Å²) in [4.78, 5) is 0. The summed E-state index contributed by atoms with van der Waals surface area (Å²) in [6.07, 6.45) is 12.3. The lowest BCUT2D eigenvalue weighted by molar-refractivity contribution is 0.350. The van der Waals surface area contributed by atoms with Crippen molar-refractivity contribution in [3.63, 3.8) is 0 Å². The molecular formula is C14H25N3. The number of nitrogens with zero attached hydrogens (tertiary/aromatic N) is 2.